The van der Waals surface area contributed by atoms with E-state index in [2.05, 4.69) is 10.6 Å². The molecule has 21 heavy (non-hydrogen) atoms. The molecule has 0 aliphatic heterocycles. The highest BCUT2D eigenvalue weighted by molar-refractivity contribution is 6.32. The van der Waals surface area contributed by atoms with Crippen LogP contribution in [0.15, 0.2) is 47.1 Å². The van der Waals surface area contributed by atoms with Crippen LogP contribution in [-0.2, 0) is 11.3 Å². The summed E-state index contributed by atoms with van der Waals surface area (Å²) < 4.78 is 5.14. The number of carbonyl (C=O) groups is 2. The van der Waals surface area contributed by atoms with Gasteiger partial charge in [-0.2, -0.15) is 0 Å². The van der Waals surface area contributed by atoms with Crippen molar-refractivity contribution in [1.82, 2.24) is 5.32 Å². The summed E-state index contributed by atoms with van der Waals surface area (Å²) in [6.07, 6.45) is 1.54. The second-order valence-corrected chi connectivity index (χ2v) is 5.07. The number of hydrogen-bond acceptors (Lipinski definition) is 3. The van der Waals surface area contributed by atoms with Crippen molar-refractivity contribution in [3.05, 3.63) is 54.0 Å². The van der Waals surface area contributed by atoms with E-state index in [1.807, 2.05) is 0 Å². The highest BCUT2D eigenvalue weighted by Gasteiger charge is 2.15. The van der Waals surface area contributed by atoms with E-state index in [0.29, 0.717) is 17.0 Å². The Kier molecular flexibility index (Phi) is 5.00. The molecule has 2 amide bonds. The van der Waals surface area contributed by atoms with Crippen molar-refractivity contribution in [2.75, 3.05) is 5.32 Å². The fraction of sp³-hybridized carbons (Fsp3) is 0.200. The molecule has 1 aromatic heterocycles. The zero-order chi connectivity index (χ0) is 15.2. The quantitative estimate of drug-likeness (QED) is 0.834. The van der Waals surface area contributed by atoms with E-state index in [0.717, 1.165) is 0 Å². The first-order chi connectivity index (χ1) is 10.1. The summed E-state index contributed by atoms with van der Waals surface area (Å²) in [6.45, 7) is 1.84. The second-order valence-electron chi connectivity index (χ2n) is 4.41. The number of furan rings is 1. The normalized spacial score (nSPS) is 11.7. The third kappa shape index (κ3) is 4.10. The van der Waals surface area contributed by atoms with E-state index in [1.165, 1.54) is 6.26 Å². The van der Waals surface area contributed by atoms with Crippen LogP contribution in [0.1, 0.15) is 23.0 Å². The predicted octanol–water partition coefficient (Wildman–Crippen LogP) is 2.78. The third-order valence-electron chi connectivity index (χ3n) is 2.79. The van der Waals surface area contributed by atoms with Gasteiger partial charge < -0.3 is 15.1 Å². The average Bonchev–Trinajstić information content (AvgIpc) is 2.98. The van der Waals surface area contributed by atoms with Crippen LogP contribution in [0, 0.1) is 0 Å². The van der Waals surface area contributed by atoms with Crippen molar-refractivity contribution in [2.45, 2.75) is 18.8 Å². The molecule has 1 heterocycles. The molecule has 0 fully saturated rings. The lowest BCUT2D eigenvalue weighted by Crippen LogP contribution is -2.26. The van der Waals surface area contributed by atoms with Crippen molar-refractivity contribution < 1.29 is 14.0 Å². The SMILES string of the molecule is CC(Cl)C(=O)Nc1ccccc1C(=O)NCc1ccco1. The van der Waals surface area contributed by atoms with Gasteiger partial charge in [0.2, 0.25) is 5.91 Å². The highest BCUT2D eigenvalue weighted by atomic mass is 35.5. The maximum atomic E-state index is 12.2. The van der Waals surface area contributed by atoms with E-state index >= 15 is 0 Å². The molecule has 0 bridgehead atoms. The minimum atomic E-state index is -0.677. The largest absolute Gasteiger partial charge is 0.467 e. The molecule has 6 heteroatoms. The summed E-state index contributed by atoms with van der Waals surface area (Å²) in [7, 11) is 0. The number of rotatable bonds is 5. The van der Waals surface area contributed by atoms with Gasteiger partial charge in [-0.05, 0) is 31.2 Å². The average molecular weight is 307 g/mol. The monoisotopic (exact) mass is 306 g/mol. The molecule has 1 atom stereocenters. The lowest BCUT2D eigenvalue weighted by molar-refractivity contribution is -0.115. The van der Waals surface area contributed by atoms with Gasteiger partial charge >= 0.3 is 0 Å². The van der Waals surface area contributed by atoms with Crippen LogP contribution in [-0.4, -0.2) is 17.2 Å². The Bertz CT molecular complexity index is 624. The van der Waals surface area contributed by atoms with Crippen molar-refractivity contribution in [3.63, 3.8) is 0 Å². The third-order valence-corrected chi connectivity index (χ3v) is 2.99. The molecule has 2 aromatic rings. The Morgan fingerprint density at radius 1 is 1.24 bits per heavy atom. The first-order valence-electron chi connectivity index (χ1n) is 6.42. The minimum absolute atomic E-state index is 0.278. The molecule has 0 spiro atoms. The Hall–Kier alpha value is -2.27. The van der Waals surface area contributed by atoms with Gasteiger partial charge in [0.25, 0.3) is 5.91 Å². The number of nitrogens with one attached hydrogen (secondary N) is 2. The Balaban J connectivity index is 2.08. The van der Waals surface area contributed by atoms with Gasteiger partial charge in [0.05, 0.1) is 24.1 Å². The van der Waals surface area contributed by atoms with E-state index in [-0.39, 0.29) is 18.4 Å². The molecule has 0 saturated heterocycles. The molecule has 1 aromatic carbocycles. The summed E-state index contributed by atoms with van der Waals surface area (Å²) in [5.41, 5.74) is 0.793. The lowest BCUT2D eigenvalue weighted by Gasteiger charge is -2.11. The summed E-state index contributed by atoms with van der Waals surface area (Å²) >= 11 is 5.71. The number of carbonyl (C=O) groups excluding carboxylic acids is 2. The lowest BCUT2D eigenvalue weighted by atomic mass is 10.1. The molecule has 1 unspecified atom stereocenters. The van der Waals surface area contributed by atoms with Crippen LogP contribution in [0.4, 0.5) is 5.69 Å². The molecule has 2 N–H and O–H groups in total. The maximum Gasteiger partial charge on any atom is 0.253 e. The maximum absolute atomic E-state index is 12.2. The van der Waals surface area contributed by atoms with E-state index in [9.17, 15) is 9.59 Å². The van der Waals surface area contributed by atoms with E-state index in [1.54, 1.807) is 43.3 Å². The van der Waals surface area contributed by atoms with Crippen LogP contribution < -0.4 is 10.6 Å². The summed E-state index contributed by atoms with van der Waals surface area (Å²) in [4.78, 5) is 23.8. The Morgan fingerprint density at radius 2 is 2.00 bits per heavy atom. The Labute approximate surface area is 127 Å². The van der Waals surface area contributed by atoms with Crippen molar-refractivity contribution >= 4 is 29.1 Å². The summed E-state index contributed by atoms with van der Waals surface area (Å²) in [5.74, 6) is -0.00766. The van der Waals surface area contributed by atoms with Gasteiger partial charge in [-0.3, -0.25) is 9.59 Å². The molecular weight excluding hydrogens is 292 g/mol. The number of alkyl halides is 1. The number of halogens is 1. The van der Waals surface area contributed by atoms with Crippen LogP contribution in [0.5, 0.6) is 0 Å². The van der Waals surface area contributed by atoms with E-state index < -0.39 is 5.38 Å². The highest BCUT2D eigenvalue weighted by Crippen LogP contribution is 2.16. The molecule has 5 nitrogen and oxygen atoms in total. The van der Waals surface area contributed by atoms with Crippen molar-refractivity contribution in [1.29, 1.82) is 0 Å². The first-order valence-corrected chi connectivity index (χ1v) is 6.86. The number of benzene rings is 1. The van der Waals surface area contributed by atoms with Gasteiger partial charge in [-0.25, -0.2) is 0 Å². The zero-order valence-electron chi connectivity index (χ0n) is 11.4. The minimum Gasteiger partial charge on any atom is -0.467 e. The zero-order valence-corrected chi connectivity index (χ0v) is 12.2. The molecule has 0 saturated carbocycles. The molecule has 0 radical (unpaired) electrons. The number of amides is 2. The second kappa shape index (κ2) is 6.95. The van der Waals surface area contributed by atoms with Crippen LogP contribution in [0.25, 0.3) is 0 Å². The first kappa shape index (κ1) is 15.1. The fourth-order valence-corrected chi connectivity index (χ4v) is 1.75. The van der Waals surface area contributed by atoms with Gasteiger partial charge in [-0.1, -0.05) is 12.1 Å². The van der Waals surface area contributed by atoms with Crippen LogP contribution >= 0.6 is 11.6 Å². The summed E-state index contributed by atoms with van der Waals surface area (Å²) in [5, 5.41) is 4.68. The smallest absolute Gasteiger partial charge is 0.253 e. The summed E-state index contributed by atoms with van der Waals surface area (Å²) in [6, 6.07) is 10.3. The molecular formula is C15H15ClN2O3. The molecule has 0 aliphatic carbocycles. The topological polar surface area (TPSA) is 71.3 Å². The van der Waals surface area contributed by atoms with Crippen molar-refractivity contribution in [3.8, 4) is 0 Å². The van der Waals surface area contributed by atoms with Gasteiger partial charge in [0.15, 0.2) is 0 Å². The molecule has 0 aliphatic rings. The van der Waals surface area contributed by atoms with E-state index in [4.69, 9.17) is 16.0 Å². The van der Waals surface area contributed by atoms with Crippen LogP contribution in [0.2, 0.25) is 0 Å². The molecule has 110 valence electrons. The van der Waals surface area contributed by atoms with Gasteiger partial charge in [-0.15, -0.1) is 11.6 Å². The van der Waals surface area contributed by atoms with Gasteiger partial charge in [0, 0.05) is 0 Å². The number of anilines is 1. The van der Waals surface area contributed by atoms with Gasteiger partial charge in [0.1, 0.15) is 11.1 Å². The fourth-order valence-electron chi connectivity index (χ4n) is 1.70. The van der Waals surface area contributed by atoms with Crippen molar-refractivity contribution in [2.24, 2.45) is 0 Å². The number of para-hydroxylation sites is 1. The standard InChI is InChI=1S/C15H15ClN2O3/c1-10(16)14(19)18-13-7-3-2-6-12(13)15(20)17-9-11-5-4-8-21-11/h2-8,10H,9H2,1H3,(H,17,20)(H,18,19). The number of hydrogen-bond donors (Lipinski definition) is 2. The van der Waals surface area contributed by atoms with Crippen LogP contribution in [0.3, 0.4) is 0 Å². The Morgan fingerprint density at radius 3 is 2.67 bits per heavy atom. The predicted molar refractivity (Wildman–Crippen MR) is 80.3 cm³/mol. The molecule has 2 rings (SSSR count).